The quantitative estimate of drug-likeness (QED) is 0.439. The minimum absolute atomic E-state index is 0.210. The van der Waals surface area contributed by atoms with Gasteiger partial charge >= 0.3 is 0 Å². The summed E-state index contributed by atoms with van der Waals surface area (Å²) >= 11 is 0. The molecule has 0 aromatic heterocycles. The summed E-state index contributed by atoms with van der Waals surface area (Å²) in [5.74, 6) is -0.210. The maximum absolute atomic E-state index is 5.93. The lowest BCUT2D eigenvalue weighted by Crippen LogP contribution is -2.30. The van der Waals surface area contributed by atoms with Crippen LogP contribution in [-0.2, 0) is 9.47 Å². The Balaban J connectivity index is 2.14. The third-order valence-electron chi connectivity index (χ3n) is 4.14. The van der Waals surface area contributed by atoms with Crippen molar-refractivity contribution in [2.75, 3.05) is 13.2 Å². The van der Waals surface area contributed by atoms with Crippen molar-refractivity contribution < 1.29 is 9.47 Å². The highest BCUT2D eigenvalue weighted by molar-refractivity contribution is 4.74. The van der Waals surface area contributed by atoms with E-state index in [0.29, 0.717) is 0 Å². The molecule has 1 saturated heterocycles. The summed E-state index contributed by atoms with van der Waals surface area (Å²) in [6, 6.07) is 0. The molecule has 0 amide bonds. The molecule has 19 heavy (non-hydrogen) atoms. The minimum Gasteiger partial charge on any atom is -0.348 e. The number of ether oxygens (including phenoxy) is 2. The van der Waals surface area contributed by atoms with E-state index in [1.807, 2.05) is 0 Å². The van der Waals surface area contributed by atoms with Gasteiger partial charge in [0.2, 0.25) is 0 Å². The standard InChI is InChI=1S/C17H34O2/c1-3-5-7-9-11-13-17(18-15-16-19-17)14-12-10-8-6-4-2/h3-16H2,1-2H3. The molecule has 1 fully saturated rings. The van der Waals surface area contributed by atoms with E-state index in [4.69, 9.17) is 9.47 Å². The average molecular weight is 270 g/mol. The molecule has 0 N–H and O–H groups in total. The highest BCUT2D eigenvalue weighted by Gasteiger charge is 2.34. The fraction of sp³-hybridized carbons (Fsp3) is 1.00. The molecule has 0 spiro atoms. The van der Waals surface area contributed by atoms with Gasteiger partial charge in [0, 0.05) is 12.8 Å². The van der Waals surface area contributed by atoms with Gasteiger partial charge in [-0.2, -0.15) is 0 Å². The van der Waals surface area contributed by atoms with Gasteiger partial charge in [-0.3, -0.25) is 0 Å². The highest BCUT2D eigenvalue weighted by Crippen LogP contribution is 2.31. The van der Waals surface area contributed by atoms with E-state index >= 15 is 0 Å². The maximum atomic E-state index is 5.93. The lowest BCUT2D eigenvalue weighted by atomic mass is 9.99. The monoisotopic (exact) mass is 270 g/mol. The summed E-state index contributed by atoms with van der Waals surface area (Å²) in [6.45, 7) is 6.12. The second kappa shape index (κ2) is 10.7. The van der Waals surface area contributed by atoms with Crippen LogP contribution in [0.4, 0.5) is 0 Å². The van der Waals surface area contributed by atoms with Crippen LogP contribution in [0.5, 0.6) is 0 Å². The van der Waals surface area contributed by atoms with Gasteiger partial charge < -0.3 is 9.47 Å². The van der Waals surface area contributed by atoms with Gasteiger partial charge in [-0.15, -0.1) is 0 Å². The van der Waals surface area contributed by atoms with E-state index in [1.165, 1.54) is 64.2 Å². The van der Waals surface area contributed by atoms with Crippen LogP contribution in [0.25, 0.3) is 0 Å². The van der Waals surface area contributed by atoms with Crippen molar-refractivity contribution in [2.45, 2.75) is 96.7 Å². The molecule has 1 aliphatic rings. The van der Waals surface area contributed by atoms with Gasteiger partial charge in [-0.1, -0.05) is 65.2 Å². The zero-order valence-corrected chi connectivity index (χ0v) is 13.2. The molecule has 0 atom stereocenters. The van der Waals surface area contributed by atoms with Crippen LogP contribution in [0, 0.1) is 0 Å². The average Bonchev–Trinajstić information content (AvgIpc) is 2.88. The van der Waals surface area contributed by atoms with Crippen LogP contribution in [0.3, 0.4) is 0 Å². The zero-order chi connectivity index (χ0) is 13.8. The van der Waals surface area contributed by atoms with Crippen molar-refractivity contribution in [3.8, 4) is 0 Å². The van der Waals surface area contributed by atoms with E-state index in [-0.39, 0.29) is 5.79 Å². The van der Waals surface area contributed by atoms with Crippen molar-refractivity contribution >= 4 is 0 Å². The van der Waals surface area contributed by atoms with Crippen molar-refractivity contribution in [2.24, 2.45) is 0 Å². The third-order valence-corrected chi connectivity index (χ3v) is 4.14. The molecular weight excluding hydrogens is 236 g/mol. The minimum atomic E-state index is -0.210. The highest BCUT2D eigenvalue weighted by atomic mass is 16.7. The van der Waals surface area contributed by atoms with Gasteiger partial charge in [0.15, 0.2) is 5.79 Å². The van der Waals surface area contributed by atoms with Crippen LogP contribution in [0.2, 0.25) is 0 Å². The van der Waals surface area contributed by atoms with Crippen molar-refractivity contribution in [3.63, 3.8) is 0 Å². The number of hydrogen-bond acceptors (Lipinski definition) is 2. The smallest absolute Gasteiger partial charge is 0.168 e. The molecule has 2 heteroatoms. The largest absolute Gasteiger partial charge is 0.348 e. The maximum Gasteiger partial charge on any atom is 0.168 e. The zero-order valence-electron chi connectivity index (χ0n) is 13.2. The Bertz CT molecular complexity index is 181. The summed E-state index contributed by atoms with van der Waals surface area (Å²) in [7, 11) is 0. The van der Waals surface area contributed by atoms with Crippen molar-refractivity contribution in [1.82, 2.24) is 0 Å². The third kappa shape index (κ3) is 7.31. The van der Waals surface area contributed by atoms with Gasteiger partial charge in [0.25, 0.3) is 0 Å². The van der Waals surface area contributed by atoms with Crippen LogP contribution in [0.15, 0.2) is 0 Å². The fourth-order valence-corrected chi connectivity index (χ4v) is 2.91. The van der Waals surface area contributed by atoms with Gasteiger partial charge in [0.1, 0.15) is 0 Å². The second-order valence-electron chi connectivity index (χ2n) is 5.94. The van der Waals surface area contributed by atoms with E-state index in [1.54, 1.807) is 0 Å². The summed E-state index contributed by atoms with van der Waals surface area (Å²) in [5, 5.41) is 0. The van der Waals surface area contributed by atoms with Crippen molar-refractivity contribution in [1.29, 1.82) is 0 Å². The van der Waals surface area contributed by atoms with Gasteiger partial charge in [-0.25, -0.2) is 0 Å². The molecular formula is C17H34O2. The molecule has 114 valence electrons. The van der Waals surface area contributed by atoms with E-state index in [0.717, 1.165) is 26.1 Å². The Morgan fingerprint density at radius 1 is 0.632 bits per heavy atom. The molecule has 1 aliphatic heterocycles. The number of unbranched alkanes of at least 4 members (excludes halogenated alkanes) is 8. The molecule has 0 aromatic rings. The Morgan fingerprint density at radius 3 is 1.47 bits per heavy atom. The van der Waals surface area contributed by atoms with Crippen LogP contribution in [0.1, 0.15) is 90.9 Å². The van der Waals surface area contributed by atoms with E-state index in [9.17, 15) is 0 Å². The number of hydrogen-bond donors (Lipinski definition) is 0. The summed E-state index contributed by atoms with van der Waals surface area (Å²) in [5.41, 5.74) is 0. The Labute approximate surface area is 120 Å². The molecule has 1 heterocycles. The second-order valence-corrected chi connectivity index (χ2v) is 5.94. The Hall–Kier alpha value is -0.0800. The number of rotatable bonds is 12. The summed E-state index contributed by atoms with van der Waals surface area (Å²) < 4.78 is 11.9. The van der Waals surface area contributed by atoms with Gasteiger partial charge in [-0.05, 0) is 12.8 Å². The first-order chi connectivity index (χ1) is 9.33. The molecule has 0 unspecified atom stereocenters. The van der Waals surface area contributed by atoms with Crippen LogP contribution < -0.4 is 0 Å². The predicted octanol–water partition coefficient (Wildman–Crippen LogP) is 5.45. The summed E-state index contributed by atoms with van der Waals surface area (Å²) in [4.78, 5) is 0. The first-order valence-electron chi connectivity index (χ1n) is 8.61. The van der Waals surface area contributed by atoms with Gasteiger partial charge in [0.05, 0.1) is 13.2 Å². The lowest BCUT2D eigenvalue weighted by Gasteiger charge is -2.27. The molecule has 0 aliphatic carbocycles. The molecule has 0 bridgehead atoms. The Morgan fingerprint density at radius 2 is 1.05 bits per heavy atom. The van der Waals surface area contributed by atoms with E-state index in [2.05, 4.69) is 13.8 Å². The molecule has 2 nitrogen and oxygen atoms in total. The predicted molar refractivity (Wildman–Crippen MR) is 81.4 cm³/mol. The van der Waals surface area contributed by atoms with Crippen LogP contribution in [-0.4, -0.2) is 19.0 Å². The normalized spacial score (nSPS) is 18.0. The first-order valence-corrected chi connectivity index (χ1v) is 8.61. The topological polar surface area (TPSA) is 18.5 Å². The molecule has 1 rings (SSSR count). The lowest BCUT2D eigenvalue weighted by molar-refractivity contribution is -0.168. The molecule has 0 radical (unpaired) electrons. The van der Waals surface area contributed by atoms with Crippen LogP contribution >= 0.6 is 0 Å². The van der Waals surface area contributed by atoms with E-state index < -0.39 is 0 Å². The first kappa shape index (κ1) is 17.0. The molecule has 0 saturated carbocycles. The molecule has 0 aromatic carbocycles. The van der Waals surface area contributed by atoms with Crippen molar-refractivity contribution in [3.05, 3.63) is 0 Å². The fourth-order valence-electron chi connectivity index (χ4n) is 2.91. The Kier molecular flexibility index (Phi) is 9.54. The SMILES string of the molecule is CCCCCCCC1(CCCCCCC)OCCO1. The summed E-state index contributed by atoms with van der Waals surface area (Å²) in [6.07, 6.45) is 15.5.